The molecule has 0 N–H and O–H groups in total. The van der Waals surface area contributed by atoms with Crippen LogP contribution in [0, 0.1) is 5.92 Å². The van der Waals surface area contributed by atoms with Crippen molar-refractivity contribution in [2.45, 2.75) is 71.4 Å². The monoisotopic (exact) mass is 448 g/mol. The van der Waals surface area contributed by atoms with Gasteiger partial charge in [0.2, 0.25) is 5.79 Å². The van der Waals surface area contributed by atoms with E-state index in [-0.39, 0.29) is 29.9 Å². The van der Waals surface area contributed by atoms with E-state index in [1.54, 1.807) is 13.0 Å². The van der Waals surface area contributed by atoms with Gasteiger partial charge < -0.3 is 23.7 Å². The Morgan fingerprint density at radius 3 is 2.47 bits per heavy atom. The average molecular weight is 448 g/mol. The van der Waals surface area contributed by atoms with Gasteiger partial charge in [0.15, 0.2) is 0 Å². The van der Waals surface area contributed by atoms with E-state index in [1.165, 1.54) is 20.8 Å². The van der Waals surface area contributed by atoms with Crippen molar-refractivity contribution >= 4 is 23.9 Å². The fourth-order valence-electron chi connectivity index (χ4n) is 4.26. The second-order valence-corrected chi connectivity index (χ2v) is 8.70. The molecule has 0 spiro atoms. The first kappa shape index (κ1) is 23.7. The van der Waals surface area contributed by atoms with Crippen LogP contribution in [-0.2, 0) is 42.9 Å². The highest BCUT2D eigenvalue weighted by molar-refractivity contribution is 5.96. The molecule has 0 aromatic carbocycles. The molecule has 4 atom stereocenters. The van der Waals surface area contributed by atoms with Crippen molar-refractivity contribution in [2.24, 2.45) is 5.92 Å². The zero-order valence-corrected chi connectivity index (χ0v) is 18.9. The lowest BCUT2D eigenvalue weighted by Gasteiger charge is -2.36. The normalized spacial score (nSPS) is 33.0. The van der Waals surface area contributed by atoms with Gasteiger partial charge in [0, 0.05) is 37.3 Å². The van der Waals surface area contributed by atoms with E-state index >= 15 is 0 Å². The number of carbonyl (C=O) groups excluding carboxylic acids is 4. The first-order chi connectivity index (χ1) is 14.9. The molecule has 2 bridgehead atoms. The van der Waals surface area contributed by atoms with Crippen LogP contribution in [0.25, 0.3) is 0 Å². The first-order valence-electron chi connectivity index (χ1n) is 10.4. The molecule has 1 fully saturated rings. The molecular formula is C23H28O9. The molecule has 0 aromatic heterocycles. The van der Waals surface area contributed by atoms with Crippen LogP contribution < -0.4 is 0 Å². The molecule has 9 nitrogen and oxygen atoms in total. The molecule has 0 aromatic rings. The molecule has 9 heteroatoms. The van der Waals surface area contributed by atoms with Crippen LogP contribution in [0.5, 0.6) is 0 Å². The Morgan fingerprint density at radius 1 is 1.19 bits per heavy atom. The average Bonchev–Trinajstić information content (AvgIpc) is 3.15. The molecule has 0 radical (unpaired) electrons. The summed E-state index contributed by atoms with van der Waals surface area (Å²) in [5.41, 5.74) is -0.335. The molecule has 174 valence electrons. The van der Waals surface area contributed by atoms with E-state index in [4.69, 9.17) is 23.7 Å². The summed E-state index contributed by atoms with van der Waals surface area (Å²) in [7, 11) is 0. The predicted octanol–water partition coefficient (Wildman–Crippen LogP) is 2.64. The fraction of sp³-hybridized carbons (Fsp3) is 0.565. The van der Waals surface area contributed by atoms with E-state index in [9.17, 15) is 19.2 Å². The zero-order valence-electron chi connectivity index (χ0n) is 18.9. The Morgan fingerprint density at radius 2 is 1.88 bits per heavy atom. The summed E-state index contributed by atoms with van der Waals surface area (Å²) in [6, 6.07) is 0. The number of fused-ring (bicyclic) bond motifs is 3. The summed E-state index contributed by atoms with van der Waals surface area (Å²) >= 11 is 0. The smallest absolute Gasteiger partial charge is 0.343 e. The molecule has 0 saturated carbocycles. The highest BCUT2D eigenvalue weighted by Gasteiger charge is 2.55. The number of esters is 4. The van der Waals surface area contributed by atoms with Gasteiger partial charge in [-0.25, -0.2) is 9.59 Å². The van der Waals surface area contributed by atoms with Gasteiger partial charge in [0.1, 0.15) is 18.5 Å². The Hall–Kier alpha value is -2.94. The third-order valence-corrected chi connectivity index (χ3v) is 5.83. The molecule has 3 rings (SSSR count). The van der Waals surface area contributed by atoms with E-state index in [0.29, 0.717) is 18.4 Å². The van der Waals surface area contributed by atoms with E-state index in [0.717, 1.165) is 0 Å². The fourth-order valence-corrected chi connectivity index (χ4v) is 4.26. The summed E-state index contributed by atoms with van der Waals surface area (Å²) in [5, 5.41) is 0. The van der Waals surface area contributed by atoms with Crippen molar-refractivity contribution < 1.29 is 42.9 Å². The Bertz CT molecular complexity index is 943. The van der Waals surface area contributed by atoms with Crippen LogP contribution in [0.2, 0.25) is 0 Å². The van der Waals surface area contributed by atoms with Crippen LogP contribution in [0.4, 0.5) is 0 Å². The van der Waals surface area contributed by atoms with Gasteiger partial charge in [-0.05, 0) is 32.8 Å². The Kier molecular flexibility index (Phi) is 6.33. The number of rotatable bonds is 5. The molecule has 0 unspecified atom stereocenters. The van der Waals surface area contributed by atoms with E-state index in [1.807, 2.05) is 6.92 Å². The highest BCUT2D eigenvalue weighted by atomic mass is 16.7. The summed E-state index contributed by atoms with van der Waals surface area (Å²) in [5.74, 6) is -3.88. The standard InChI is InChI=1S/C23H28O9/c1-12(2)20(26)29-17-9-13(3)23(31-15(5)25)8-7-22(6,32-23)10-18-19(17)16(21(27)30-18)11-28-14(4)24/h10,13,17H,1,7-9,11H2,2-6H3/b18-10+/t13-,17+,22-,23-/m1/s1. The number of carbonyl (C=O) groups is 4. The third kappa shape index (κ3) is 4.62. The molecule has 32 heavy (non-hydrogen) atoms. The molecule has 3 aliphatic heterocycles. The molecule has 0 amide bonds. The van der Waals surface area contributed by atoms with E-state index < -0.39 is 47.3 Å². The van der Waals surface area contributed by atoms with Gasteiger partial charge in [-0.1, -0.05) is 13.5 Å². The molecule has 3 heterocycles. The molecule has 0 aliphatic carbocycles. The van der Waals surface area contributed by atoms with Crippen LogP contribution in [0.15, 0.2) is 35.1 Å². The minimum Gasteiger partial charge on any atom is -0.461 e. The largest absolute Gasteiger partial charge is 0.461 e. The van der Waals surface area contributed by atoms with Gasteiger partial charge in [0.25, 0.3) is 0 Å². The van der Waals surface area contributed by atoms with Crippen molar-refractivity contribution in [3.05, 3.63) is 35.1 Å². The van der Waals surface area contributed by atoms with Crippen LogP contribution in [-0.4, -0.2) is 48.0 Å². The summed E-state index contributed by atoms with van der Waals surface area (Å²) in [6.45, 7) is 10.9. The van der Waals surface area contributed by atoms with Crippen molar-refractivity contribution in [3.8, 4) is 0 Å². The predicted molar refractivity (Wildman–Crippen MR) is 110 cm³/mol. The maximum atomic E-state index is 12.6. The Labute approximate surface area is 186 Å². The number of ether oxygens (including phenoxy) is 5. The Balaban J connectivity index is 2.14. The van der Waals surface area contributed by atoms with Gasteiger partial charge in [-0.3, -0.25) is 9.59 Å². The second kappa shape index (κ2) is 8.54. The maximum Gasteiger partial charge on any atom is 0.343 e. The van der Waals surface area contributed by atoms with Gasteiger partial charge in [0.05, 0.1) is 11.2 Å². The second-order valence-electron chi connectivity index (χ2n) is 8.70. The quantitative estimate of drug-likeness (QED) is 0.356. The topological polar surface area (TPSA) is 114 Å². The van der Waals surface area contributed by atoms with E-state index in [2.05, 4.69) is 6.58 Å². The minimum atomic E-state index is -1.23. The molecular weight excluding hydrogens is 420 g/mol. The van der Waals surface area contributed by atoms with Crippen LogP contribution >= 0.6 is 0 Å². The van der Waals surface area contributed by atoms with Crippen molar-refractivity contribution in [2.75, 3.05) is 6.61 Å². The highest BCUT2D eigenvalue weighted by Crippen LogP contribution is 2.49. The van der Waals surface area contributed by atoms with Gasteiger partial charge in [-0.2, -0.15) is 0 Å². The van der Waals surface area contributed by atoms with Crippen molar-refractivity contribution in [1.82, 2.24) is 0 Å². The lowest BCUT2D eigenvalue weighted by molar-refractivity contribution is -0.256. The van der Waals surface area contributed by atoms with Crippen molar-refractivity contribution in [1.29, 1.82) is 0 Å². The maximum absolute atomic E-state index is 12.6. The summed E-state index contributed by atoms with van der Waals surface area (Å²) in [4.78, 5) is 48.3. The number of hydrogen-bond donors (Lipinski definition) is 0. The van der Waals surface area contributed by atoms with Crippen LogP contribution in [0.3, 0.4) is 0 Å². The van der Waals surface area contributed by atoms with Crippen molar-refractivity contribution in [3.63, 3.8) is 0 Å². The lowest BCUT2D eigenvalue weighted by atomic mass is 9.85. The zero-order chi connectivity index (χ0) is 23.8. The third-order valence-electron chi connectivity index (χ3n) is 5.83. The van der Waals surface area contributed by atoms with Gasteiger partial charge >= 0.3 is 23.9 Å². The lowest BCUT2D eigenvalue weighted by Crippen LogP contribution is -2.44. The number of hydrogen-bond acceptors (Lipinski definition) is 9. The minimum absolute atomic E-state index is 0.0843. The molecule has 1 saturated heterocycles. The van der Waals surface area contributed by atoms with Gasteiger partial charge in [-0.15, -0.1) is 0 Å². The van der Waals surface area contributed by atoms with Crippen LogP contribution in [0.1, 0.15) is 53.9 Å². The molecule has 3 aliphatic rings. The summed E-state index contributed by atoms with van der Waals surface area (Å²) < 4.78 is 28.2. The summed E-state index contributed by atoms with van der Waals surface area (Å²) in [6.07, 6.45) is 1.77. The SMILES string of the molecule is C=C(C)C(=O)O[C@H]1C[C@@H](C)[C@@]2(OC(C)=O)CC[C@](C)(/C=C3/OC(=O)C(COC(C)=O)=C31)O2. The first-order valence-corrected chi connectivity index (χ1v) is 10.4.